The van der Waals surface area contributed by atoms with Gasteiger partial charge < -0.3 is 35.1 Å². The van der Waals surface area contributed by atoms with Crippen LogP contribution in [0.2, 0.25) is 0 Å². The molecule has 2 aliphatic rings. The van der Waals surface area contributed by atoms with Gasteiger partial charge >= 0.3 is 7.82 Å². The van der Waals surface area contributed by atoms with Crippen molar-refractivity contribution in [2.45, 2.75) is 145 Å². The van der Waals surface area contributed by atoms with Gasteiger partial charge in [-0.1, -0.05) is 96.5 Å². The van der Waals surface area contributed by atoms with E-state index < -0.39 is 55.9 Å². The molecule has 312 valence electrons. The highest BCUT2D eigenvalue weighted by Gasteiger charge is 2.76. The molecule has 2 fully saturated rings. The Morgan fingerprint density at radius 3 is 2.30 bits per heavy atom. The standard InChI is InChI=1S/C40H56FN6O9P/c1-2-3-4-5-6-7-8-9-10-11-12-13-14-15-20-52-25-31(53-24-29-16-17-30(23-42)32(41)21-29)26-54-57(50,51)55-35-22-39(35)36(48)37(49)40(27-43,56-39)34-19-18-33-38(44)45-28-46-47(33)34/h16-19,21,28,31,35-37,48-49H,2-15,20,22,24-26H2,1H3,(H,50,51)(H2,44,45,46)/t31-,35-,36+,37-,39-,40+/m1/s1. The number of halogens is 1. The maximum Gasteiger partial charge on any atom is 0.472 e. The highest BCUT2D eigenvalue weighted by Crippen LogP contribution is 2.62. The Bertz CT molecular complexity index is 1890. The normalized spacial score (nSPS) is 24.4. The molecule has 5 rings (SSSR count). The average Bonchev–Trinajstić information content (AvgIpc) is 3.57. The topological polar surface area (TPSA) is 228 Å². The van der Waals surface area contributed by atoms with Crippen molar-refractivity contribution in [3.63, 3.8) is 0 Å². The van der Waals surface area contributed by atoms with E-state index in [1.54, 1.807) is 12.1 Å². The van der Waals surface area contributed by atoms with Crippen molar-refractivity contribution in [3.05, 3.63) is 59.3 Å². The van der Waals surface area contributed by atoms with Crippen LogP contribution in [0.3, 0.4) is 0 Å². The lowest BCUT2D eigenvalue weighted by molar-refractivity contribution is -0.0778. The first-order valence-electron chi connectivity index (χ1n) is 20.1. The van der Waals surface area contributed by atoms with E-state index in [0.717, 1.165) is 25.6 Å². The molecule has 1 spiro atoms. The Morgan fingerprint density at radius 2 is 1.67 bits per heavy atom. The van der Waals surface area contributed by atoms with Crippen molar-refractivity contribution in [1.82, 2.24) is 14.6 Å². The SMILES string of the molecule is CCCCCCCCCCCCCCCCOC[C@H](COP(=O)(O)O[C@@H]1C[C@@]12O[C@@](C#N)(c1ccc3c(N)ncnn13)[C@H](O)[C@@H]2O)OCc1ccc(C#N)c(F)c1. The number of nitrogens with two attached hydrogens (primary N) is 1. The van der Waals surface area contributed by atoms with Crippen molar-refractivity contribution >= 4 is 19.2 Å². The molecule has 15 nitrogen and oxygen atoms in total. The summed E-state index contributed by atoms with van der Waals surface area (Å²) in [6.45, 7) is 2.14. The van der Waals surface area contributed by atoms with E-state index in [1.807, 2.05) is 6.07 Å². The number of rotatable bonds is 26. The summed E-state index contributed by atoms with van der Waals surface area (Å²) in [7, 11) is -4.84. The number of ether oxygens (including phenoxy) is 3. The number of fused-ring (bicyclic) bond motifs is 1. The number of hydrogen-bond acceptors (Lipinski definition) is 13. The summed E-state index contributed by atoms with van der Waals surface area (Å²) in [5.74, 6) is -0.582. The predicted octanol–water partition coefficient (Wildman–Crippen LogP) is 6.52. The van der Waals surface area contributed by atoms with Gasteiger partial charge in [-0.05, 0) is 36.2 Å². The summed E-state index contributed by atoms with van der Waals surface area (Å²) in [6.07, 6.45) is 12.7. The van der Waals surface area contributed by atoms with E-state index in [9.17, 15) is 29.3 Å². The zero-order valence-corrected chi connectivity index (χ0v) is 33.5. The number of nitriles is 2. The number of hydrogen-bond donors (Lipinski definition) is 4. The molecule has 0 amide bonds. The van der Waals surface area contributed by atoms with Gasteiger partial charge in [0.25, 0.3) is 0 Å². The van der Waals surface area contributed by atoms with Gasteiger partial charge in [-0.3, -0.25) is 9.05 Å². The smallest absolute Gasteiger partial charge is 0.387 e. The van der Waals surface area contributed by atoms with Gasteiger partial charge in [0.05, 0.1) is 31.1 Å². The highest BCUT2D eigenvalue weighted by atomic mass is 31.2. The summed E-state index contributed by atoms with van der Waals surface area (Å²) in [6, 6.07) is 10.8. The van der Waals surface area contributed by atoms with Crippen molar-refractivity contribution in [1.29, 1.82) is 10.5 Å². The molecule has 5 N–H and O–H groups in total. The number of phosphoric acid groups is 1. The van der Waals surface area contributed by atoms with Crippen LogP contribution in [0.5, 0.6) is 0 Å². The van der Waals surface area contributed by atoms with Crippen molar-refractivity contribution < 1.29 is 47.3 Å². The van der Waals surface area contributed by atoms with Gasteiger partial charge in [0.15, 0.2) is 5.82 Å². The fourth-order valence-corrected chi connectivity index (χ4v) is 8.34. The van der Waals surface area contributed by atoms with Crippen LogP contribution in [0.15, 0.2) is 36.7 Å². The molecule has 1 unspecified atom stereocenters. The van der Waals surface area contributed by atoms with Crippen LogP contribution in [-0.2, 0) is 40.0 Å². The Morgan fingerprint density at radius 1 is 1.00 bits per heavy atom. The minimum absolute atomic E-state index is 0.00260. The summed E-state index contributed by atoms with van der Waals surface area (Å²) in [5.41, 5.74) is 2.84. The summed E-state index contributed by atoms with van der Waals surface area (Å²) in [5, 5.41) is 45.7. The second kappa shape index (κ2) is 20.9. The number of anilines is 1. The number of aliphatic hydroxyl groups excluding tert-OH is 2. The fourth-order valence-electron chi connectivity index (χ4n) is 7.35. The molecule has 3 heterocycles. The Kier molecular flexibility index (Phi) is 16.4. The van der Waals surface area contributed by atoms with Gasteiger partial charge in [-0.25, -0.2) is 18.5 Å². The molecule has 1 aromatic carbocycles. The van der Waals surface area contributed by atoms with E-state index in [-0.39, 0.29) is 36.7 Å². The maximum atomic E-state index is 14.2. The first kappa shape index (κ1) is 44.6. The summed E-state index contributed by atoms with van der Waals surface area (Å²) >= 11 is 0. The minimum Gasteiger partial charge on any atom is -0.387 e. The molecule has 3 aromatic rings. The first-order chi connectivity index (χ1) is 27.5. The number of nitrogens with zero attached hydrogens (tertiary/aromatic N) is 5. The summed E-state index contributed by atoms with van der Waals surface area (Å²) < 4.78 is 57.3. The third-order valence-electron chi connectivity index (χ3n) is 10.8. The highest BCUT2D eigenvalue weighted by molar-refractivity contribution is 7.47. The zero-order valence-electron chi connectivity index (χ0n) is 32.6. The van der Waals surface area contributed by atoms with Crippen LogP contribution in [0.4, 0.5) is 10.2 Å². The monoisotopic (exact) mass is 814 g/mol. The maximum absolute atomic E-state index is 14.2. The number of nitrogen functional groups attached to an aromatic ring is 1. The van der Waals surface area contributed by atoms with Crippen LogP contribution in [0.1, 0.15) is 120 Å². The molecule has 0 radical (unpaired) electrons. The van der Waals surface area contributed by atoms with Crippen molar-refractivity contribution in [3.8, 4) is 12.1 Å². The Hall–Kier alpha value is -3.54. The van der Waals surface area contributed by atoms with E-state index >= 15 is 0 Å². The van der Waals surface area contributed by atoms with Gasteiger partial charge in [-0.2, -0.15) is 15.6 Å². The molecule has 7 atom stereocenters. The number of aliphatic hydroxyl groups is 2. The predicted molar refractivity (Wildman–Crippen MR) is 207 cm³/mol. The molecule has 1 aliphatic heterocycles. The number of phosphoric ester groups is 1. The lowest BCUT2D eigenvalue weighted by Gasteiger charge is -2.24. The van der Waals surface area contributed by atoms with E-state index in [2.05, 4.69) is 17.0 Å². The Balaban J connectivity index is 1.09. The molecule has 0 bridgehead atoms. The van der Waals surface area contributed by atoms with Crippen LogP contribution in [0, 0.1) is 28.5 Å². The minimum atomic E-state index is -4.84. The lowest BCUT2D eigenvalue weighted by Crippen LogP contribution is -2.41. The van der Waals surface area contributed by atoms with E-state index in [4.69, 9.17) is 34.3 Å². The molecule has 2 aromatic heterocycles. The molecular formula is C40H56FN6O9P. The zero-order chi connectivity index (χ0) is 40.9. The lowest BCUT2D eigenvalue weighted by atomic mass is 9.92. The van der Waals surface area contributed by atoms with Crippen LogP contribution in [-0.4, -0.2) is 79.5 Å². The molecule has 1 saturated heterocycles. The second-order valence-corrected chi connectivity index (χ2v) is 16.5. The molecule has 57 heavy (non-hydrogen) atoms. The third-order valence-corrected chi connectivity index (χ3v) is 11.8. The Labute approximate surface area is 333 Å². The number of benzene rings is 1. The average molecular weight is 815 g/mol. The quantitative estimate of drug-likeness (QED) is 0.0500. The third kappa shape index (κ3) is 11.4. The molecule has 17 heteroatoms. The second-order valence-electron chi connectivity index (χ2n) is 15.0. The number of unbranched alkanes of at least 4 members (excludes halogenated alkanes) is 13. The molecule has 1 aliphatic carbocycles. The van der Waals surface area contributed by atoms with Gasteiger partial charge in [0.2, 0.25) is 5.60 Å². The van der Waals surface area contributed by atoms with Gasteiger partial charge in [0, 0.05) is 13.0 Å². The fraction of sp³-hybridized carbons (Fsp3) is 0.650. The van der Waals surface area contributed by atoms with Crippen LogP contribution < -0.4 is 5.73 Å². The van der Waals surface area contributed by atoms with Crippen LogP contribution in [0.25, 0.3) is 5.52 Å². The van der Waals surface area contributed by atoms with Gasteiger partial charge in [0.1, 0.15) is 59.8 Å². The van der Waals surface area contributed by atoms with Crippen molar-refractivity contribution in [2.24, 2.45) is 0 Å². The van der Waals surface area contributed by atoms with Gasteiger partial charge in [-0.15, -0.1) is 0 Å². The van der Waals surface area contributed by atoms with Crippen LogP contribution >= 0.6 is 7.82 Å². The van der Waals surface area contributed by atoms with E-state index in [1.165, 1.54) is 99.4 Å². The number of aromatic nitrogens is 3. The first-order valence-corrected chi connectivity index (χ1v) is 21.6. The molecular weight excluding hydrogens is 758 g/mol. The molecule has 1 saturated carbocycles. The van der Waals surface area contributed by atoms with Crippen molar-refractivity contribution in [2.75, 3.05) is 25.6 Å². The van der Waals surface area contributed by atoms with E-state index in [0.29, 0.717) is 17.7 Å². The largest absolute Gasteiger partial charge is 0.472 e. The summed E-state index contributed by atoms with van der Waals surface area (Å²) in [4.78, 5) is 14.7.